The molecule has 1 amide bonds. The summed E-state index contributed by atoms with van der Waals surface area (Å²) in [6, 6.07) is 10.0. The maximum Gasteiger partial charge on any atom is 0.237 e. The van der Waals surface area contributed by atoms with Crippen LogP contribution >= 0.6 is 11.3 Å². The highest BCUT2D eigenvalue weighted by Gasteiger charge is 2.17. The van der Waals surface area contributed by atoms with Crippen LogP contribution in [0.25, 0.3) is 0 Å². The van der Waals surface area contributed by atoms with E-state index in [4.69, 9.17) is 5.73 Å². The standard InChI is InChI=1S/C15H18N2O2S/c1-10(14-3-2-8-20-14)17-15(19)13(16)9-11-4-6-12(18)7-5-11/h2-8,10,13,18H,9,16H2,1H3,(H,17,19)/t10-,13+/m0/s1. The first-order valence-corrected chi connectivity index (χ1v) is 7.31. The lowest BCUT2D eigenvalue weighted by molar-refractivity contribution is -0.122. The molecule has 0 spiro atoms. The number of carbonyl (C=O) groups excluding carboxylic acids is 1. The second-order valence-electron chi connectivity index (χ2n) is 4.72. The monoisotopic (exact) mass is 290 g/mol. The Morgan fingerprint density at radius 1 is 1.35 bits per heavy atom. The first-order chi connectivity index (χ1) is 9.56. The molecule has 0 saturated carbocycles. The largest absolute Gasteiger partial charge is 0.508 e. The molecule has 0 aliphatic heterocycles. The molecule has 0 aliphatic carbocycles. The number of nitrogens with one attached hydrogen (secondary N) is 1. The summed E-state index contributed by atoms with van der Waals surface area (Å²) in [5.74, 6) is 0.0389. The number of carbonyl (C=O) groups is 1. The van der Waals surface area contributed by atoms with E-state index in [1.54, 1.807) is 35.6 Å². The van der Waals surface area contributed by atoms with Crippen molar-refractivity contribution in [2.45, 2.75) is 25.4 Å². The lowest BCUT2D eigenvalue weighted by Gasteiger charge is -2.16. The quantitative estimate of drug-likeness (QED) is 0.790. The highest BCUT2D eigenvalue weighted by Crippen LogP contribution is 2.18. The minimum absolute atomic E-state index is 0.0339. The van der Waals surface area contributed by atoms with E-state index in [0.717, 1.165) is 10.4 Å². The van der Waals surface area contributed by atoms with Crippen LogP contribution in [0.2, 0.25) is 0 Å². The van der Waals surface area contributed by atoms with Crippen molar-refractivity contribution >= 4 is 17.2 Å². The number of nitrogens with two attached hydrogens (primary N) is 1. The third-order valence-corrected chi connectivity index (χ3v) is 4.11. The lowest BCUT2D eigenvalue weighted by Crippen LogP contribution is -2.42. The normalized spacial score (nSPS) is 13.7. The zero-order valence-electron chi connectivity index (χ0n) is 11.2. The van der Waals surface area contributed by atoms with Crippen molar-refractivity contribution in [3.8, 4) is 5.75 Å². The first kappa shape index (κ1) is 14.6. The smallest absolute Gasteiger partial charge is 0.237 e. The Balaban J connectivity index is 1.90. The van der Waals surface area contributed by atoms with Crippen molar-refractivity contribution in [1.82, 2.24) is 5.32 Å². The van der Waals surface area contributed by atoms with Crippen molar-refractivity contribution in [1.29, 1.82) is 0 Å². The number of aromatic hydroxyl groups is 1. The summed E-state index contributed by atoms with van der Waals surface area (Å²) in [7, 11) is 0. The number of rotatable bonds is 5. The summed E-state index contributed by atoms with van der Waals surface area (Å²) >= 11 is 1.61. The van der Waals surface area contributed by atoms with Crippen LogP contribution in [0.4, 0.5) is 0 Å². The molecule has 2 aromatic rings. The molecule has 106 valence electrons. The molecule has 0 fully saturated rings. The van der Waals surface area contributed by atoms with E-state index < -0.39 is 6.04 Å². The molecule has 0 radical (unpaired) electrons. The van der Waals surface area contributed by atoms with E-state index in [9.17, 15) is 9.90 Å². The fourth-order valence-electron chi connectivity index (χ4n) is 1.91. The van der Waals surface area contributed by atoms with Gasteiger partial charge in [-0.05, 0) is 42.5 Å². The highest BCUT2D eigenvalue weighted by molar-refractivity contribution is 7.10. The fraction of sp³-hybridized carbons (Fsp3) is 0.267. The van der Waals surface area contributed by atoms with E-state index in [1.807, 2.05) is 24.4 Å². The summed E-state index contributed by atoms with van der Waals surface area (Å²) in [6.45, 7) is 1.94. The lowest BCUT2D eigenvalue weighted by atomic mass is 10.1. The third kappa shape index (κ3) is 3.82. The Morgan fingerprint density at radius 2 is 2.05 bits per heavy atom. The van der Waals surface area contributed by atoms with Crippen LogP contribution in [-0.4, -0.2) is 17.1 Å². The SMILES string of the molecule is C[C@H](NC(=O)[C@H](N)Cc1ccc(O)cc1)c1cccs1. The van der Waals surface area contributed by atoms with Crippen molar-refractivity contribution in [3.05, 3.63) is 52.2 Å². The van der Waals surface area contributed by atoms with E-state index in [1.165, 1.54) is 0 Å². The van der Waals surface area contributed by atoms with Gasteiger partial charge >= 0.3 is 0 Å². The minimum Gasteiger partial charge on any atom is -0.508 e. The highest BCUT2D eigenvalue weighted by atomic mass is 32.1. The molecule has 20 heavy (non-hydrogen) atoms. The Kier molecular flexibility index (Phi) is 4.76. The van der Waals surface area contributed by atoms with E-state index in [2.05, 4.69) is 5.32 Å². The van der Waals surface area contributed by atoms with Crippen LogP contribution in [-0.2, 0) is 11.2 Å². The van der Waals surface area contributed by atoms with Gasteiger partial charge in [-0.2, -0.15) is 0 Å². The molecule has 4 nitrogen and oxygen atoms in total. The van der Waals surface area contributed by atoms with Gasteiger partial charge in [-0.15, -0.1) is 11.3 Å². The Labute approximate surface area is 122 Å². The molecule has 1 aromatic heterocycles. The van der Waals surface area contributed by atoms with Gasteiger partial charge in [0.2, 0.25) is 5.91 Å². The Bertz CT molecular complexity index is 552. The number of amides is 1. The van der Waals surface area contributed by atoms with Crippen molar-refractivity contribution < 1.29 is 9.90 Å². The summed E-state index contributed by atoms with van der Waals surface area (Å²) < 4.78 is 0. The number of phenols is 1. The summed E-state index contributed by atoms with van der Waals surface area (Å²) in [6.07, 6.45) is 0.448. The van der Waals surface area contributed by atoms with Crippen molar-refractivity contribution in [2.24, 2.45) is 5.73 Å². The average molecular weight is 290 g/mol. The van der Waals surface area contributed by atoms with Crippen LogP contribution in [0, 0.1) is 0 Å². The second-order valence-corrected chi connectivity index (χ2v) is 5.70. The van der Waals surface area contributed by atoms with E-state index in [0.29, 0.717) is 6.42 Å². The van der Waals surface area contributed by atoms with Gasteiger partial charge in [0.05, 0.1) is 12.1 Å². The van der Waals surface area contributed by atoms with E-state index in [-0.39, 0.29) is 17.7 Å². The second kappa shape index (κ2) is 6.54. The van der Waals surface area contributed by atoms with Gasteiger partial charge in [-0.3, -0.25) is 4.79 Å². The molecule has 0 unspecified atom stereocenters. The minimum atomic E-state index is -0.595. The van der Waals surface area contributed by atoms with Crippen molar-refractivity contribution in [2.75, 3.05) is 0 Å². The van der Waals surface area contributed by atoms with Gasteiger partial charge in [0.1, 0.15) is 5.75 Å². The van der Waals surface area contributed by atoms with Gasteiger partial charge in [-0.1, -0.05) is 18.2 Å². The molecule has 1 aromatic carbocycles. The molecular weight excluding hydrogens is 272 g/mol. The van der Waals surface area contributed by atoms with Crippen LogP contribution in [0.5, 0.6) is 5.75 Å². The molecule has 2 rings (SSSR count). The molecule has 1 heterocycles. The van der Waals surface area contributed by atoms with Crippen LogP contribution in [0.3, 0.4) is 0 Å². The maximum atomic E-state index is 12.0. The van der Waals surface area contributed by atoms with E-state index >= 15 is 0 Å². The summed E-state index contributed by atoms with van der Waals surface area (Å²) in [5.41, 5.74) is 6.84. The Hall–Kier alpha value is -1.85. The molecule has 0 aliphatic rings. The predicted octanol–water partition coefficient (Wildman–Crippen LogP) is 2.20. The first-order valence-electron chi connectivity index (χ1n) is 6.43. The number of hydrogen-bond donors (Lipinski definition) is 3. The van der Waals surface area contributed by atoms with Crippen LogP contribution < -0.4 is 11.1 Å². The maximum absolute atomic E-state index is 12.0. The third-order valence-electron chi connectivity index (χ3n) is 3.06. The molecule has 0 saturated heterocycles. The molecule has 2 atom stereocenters. The molecule has 0 bridgehead atoms. The summed E-state index contributed by atoms with van der Waals surface area (Å²) in [5, 5.41) is 14.1. The number of thiophene rings is 1. The van der Waals surface area contributed by atoms with Gasteiger partial charge < -0.3 is 16.2 Å². The van der Waals surface area contributed by atoms with Crippen LogP contribution in [0.15, 0.2) is 41.8 Å². The van der Waals surface area contributed by atoms with Crippen LogP contribution in [0.1, 0.15) is 23.4 Å². The van der Waals surface area contributed by atoms with Gasteiger partial charge in [0.25, 0.3) is 0 Å². The zero-order chi connectivity index (χ0) is 14.5. The molecule has 5 heteroatoms. The van der Waals surface area contributed by atoms with Gasteiger partial charge in [0.15, 0.2) is 0 Å². The van der Waals surface area contributed by atoms with Crippen molar-refractivity contribution in [3.63, 3.8) is 0 Å². The Morgan fingerprint density at radius 3 is 2.65 bits per heavy atom. The molecular formula is C15H18N2O2S. The summed E-state index contributed by atoms with van der Waals surface area (Å²) in [4.78, 5) is 13.1. The molecule has 4 N–H and O–H groups in total. The number of benzene rings is 1. The van der Waals surface area contributed by atoms with Gasteiger partial charge in [-0.25, -0.2) is 0 Å². The van der Waals surface area contributed by atoms with Gasteiger partial charge in [0, 0.05) is 4.88 Å². The predicted molar refractivity (Wildman–Crippen MR) is 80.7 cm³/mol. The number of phenolic OH excluding ortho intramolecular Hbond substituents is 1. The fourth-order valence-corrected chi connectivity index (χ4v) is 2.64. The zero-order valence-corrected chi connectivity index (χ0v) is 12.1. The average Bonchev–Trinajstić information content (AvgIpc) is 2.95. The topological polar surface area (TPSA) is 75.4 Å². The number of hydrogen-bond acceptors (Lipinski definition) is 4.